The van der Waals surface area contributed by atoms with Crippen molar-refractivity contribution in [1.82, 2.24) is 10.9 Å². The number of rotatable bonds is 12. The zero-order valence-corrected chi connectivity index (χ0v) is 22.1. The lowest BCUT2D eigenvalue weighted by atomic mass is 9.95. The van der Waals surface area contributed by atoms with Crippen LogP contribution in [0.15, 0.2) is 30.3 Å². The molecule has 0 spiro atoms. The maximum Gasteiger partial charge on any atom is 0.426 e. The fourth-order valence-corrected chi connectivity index (χ4v) is 4.41. The molecule has 0 saturated heterocycles. The average molecular weight is 523 g/mol. The van der Waals surface area contributed by atoms with Gasteiger partial charge in [0.25, 0.3) is 5.91 Å². The number of hydrogen-bond donors (Lipinski definition) is 3. The first kappa shape index (κ1) is 30.9. The van der Waals surface area contributed by atoms with Crippen molar-refractivity contribution < 1.29 is 41.8 Å². The Hall–Kier alpha value is -2.15. The zero-order chi connectivity index (χ0) is 26.9. The van der Waals surface area contributed by atoms with Gasteiger partial charge in [-0.3, -0.25) is 10.2 Å². The predicted octanol–water partition coefficient (Wildman–Crippen LogP) is 5.01. The summed E-state index contributed by atoms with van der Waals surface area (Å²) in [5, 5.41) is 8.69. The van der Waals surface area contributed by atoms with Crippen molar-refractivity contribution >= 4 is 20.3 Å². The van der Waals surface area contributed by atoms with Crippen LogP contribution in [0.1, 0.15) is 46.1 Å². The number of carbonyl (C=O) groups is 2. The average Bonchev–Trinajstić information content (AvgIpc) is 2.72. The van der Waals surface area contributed by atoms with Gasteiger partial charge in [-0.25, -0.2) is 10.2 Å². The number of hydrogen-bond acceptors (Lipinski definition) is 5. The van der Waals surface area contributed by atoms with Crippen molar-refractivity contribution in [3.63, 3.8) is 0 Å². The lowest BCUT2D eigenvalue weighted by Gasteiger charge is -2.38. The van der Waals surface area contributed by atoms with Crippen molar-refractivity contribution in [3.8, 4) is 0 Å². The van der Waals surface area contributed by atoms with Gasteiger partial charge in [0.15, 0.2) is 8.32 Å². The summed E-state index contributed by atoms with van der Waals surface area (Å²) in [6, 6.07) is 8.06. The molecule has 0 bridgehead atoms. The molecule has 0 fully saturated rings. The summed E-state index contributed by atoms with van der Waals surface area (Å²) >= 11 is 0. The molecule has 0 aliphatic heterocycles. The van der Waals surface area contributed by atoms with Crippen molar-refractivity contribution in [1.29, 1.82) is 0 Å². The summed E-state index contributed by atoms with van der Waals surface area (Å²) in [4.78, 5) is 23.2. The molecule has 0 aliphatic carbocycles. The molecule has 200 valence electrons. The first-order valence-electron chi connectivity index (χ1n) is 11.3. The summed E-state index contributed by atoms with van der Waals surface area (Å²) in [7, 11) is -2.02. The molecule has 2 atom stereocenters. The Morgan fingerprint density at radius 3 is 2.20 bits per heavy atom. The van der Waals surface area contributed by atoms with Crippen LogP contribution in [0.5, 0.6) is 0 Å². The van der Waals surface area contributed by atoms with E-state index in [0.717, 1.165) is 0 Å². The lowest BCUT2D eigenvalue weighted by Crippen LogP contribution is -2.61. The zero-order valence-electron chi connectivity index (χ0n) is 21.1. The molecule has 0 heterocycles. The first-order chi connectivity index (χ1) is 16.0. The smallest absolute Gasteiger partial charge is 0.426 e. The summed E-state index contributed by atoms with van der Waals surface area (Å²) in [5.41, 5.74) is 0.184. The molecule has 1 rings (SSSR count). The number of ether oxygens (including phenoxy) is 2. The van der Waals surface area contributed by atoms with Crippen molar-refractivity contribution in [2.75, 3.05) is 13.2 Å². The van der Waals surface area contributed by atoms with Crippen LogP contribution in [0.4, 0.5) is 18.0 Å². The van der Waals surface area contributed by atoms with E-state index in [4.69, 9.17) is 19.0 Å². The Bertz CT molecular complexity index is 818. The molecule has 0 aliphatic rings. The number of nitrogens with one attached hydrogen (secondary N) is 2. The van der Waals surface area contributed by atoms with Gasteiger partial charge in [0.2, 0.25) is 5.60 Å². The second-order valence-corrected chi connectivity index (χ2v) is 14.6. The number of halogens is 3. The Kier molecular flexibility index (Phi) is 11.2. The SMILES string of the molecule is CC(COCCC[C@@](OCc1ccccc1)(C(=O)NNC(=O)O)C(F)(F)F)O[Si](C)(C)C(C)(C)C. The van der Waals surface area contributed by atoms with Gasteiger partial charge < -0.3 is 19.0 Å². The molecule has 8 nitrogen and oxygen atoms in total. The topological polar surface area (TPSA) is 106 Å². The molecular formula is C23H37F3N2O6Si. The van der Waals surface area contributed by atoms with Crippen LogP contribution in [0, 0.1) is 0 Å². The Balaban J connectivity index is 2.85. The molecule has 0 radical (unpaired) electrons. The summed E-state index contributed by atoms with van der Waals surface area (Å²) in [5.74, 6) is -1.65. The molecule has 3 N–H and O–H groups in total. The van der Waals surface area contributed by atoms with Gasteiger partial charge in [0, 0.05) is 6.61 Å². The molecule has 1 unspecified atom stereocenters. The quantitative estimate of drug-likeness (QED) is 0.202. The van der Waals surface area contributed by atoms with Gasteiger partial charge in [-0.05, 0) is 43.5 Å². The molecule has 2 amide bonds. The van der Waals surface area contributed by atoms with Crippen molar-refractivity contribution in [3.05, 3.63) is 35.9 Å². The van der Waals surface area contributed by atoms with Gasteiger partial charge >= 0.3 is 12.3 Å². The second kappa shape index (κ2) is 12.7. The first-order valence-corrected chi connectivity index (χ1v) is 14.2. The van der Waals surface area contributed by atoms with Gasteiger partial charge in [0.05, 0.1) is 19.3 Å². The van der Waals surface area contributed by atoms with Crippen LogP contribution < -0.4 is 10.9 Å². The van der Waals surface area contributed by atoms with E-state index in [2.05, 4.69) is 33.9 Å². The predicted molar refractivity (Wildman–Crippen MR) is 127 cm³/mol. The number of carboxylic acid groups (broad SMARTS) is 1. The van der Waals surface area contributed by atoms with Gasteiger partial charge in [-0.15, -0.1) is 0 Å². The molecule has 0 saturated carbocycles. The Morgan fingerprint density at radius 2 is 1.69 bits per heavy atom. The summed E-state index contributed by atoms with van der Waals surface area (Å²) in [6.07, 6.45) is -8.02. The standard InChI is InChI=1S/C23H37F3N2O6Si/c1-17(34-35(5,6)21(2,3)4)15-32-14-10-13-22(23(24,25)26,19(29)27-28-20(30)31)33-16-18-11-8-7-9-12-18/h7-9,11-12,17,28H,10,13-16H2,1-6H3,(H,27,29)(H,30,31)/t17?,22-/m1/s1. The van der Waals surface area contributed by atoms with E-state index in [1.54, 1.807) is 35.8 Å². The molecular weight excluding hydrogens is 485 g/mol. The van der Waals surface area contributed by atoms with Gasteiger partial charge in [0.1, 0.15) is 0 Å². The van der Waals surface area contributed by atoms with E-state index in [9.17, 15) is 22.8 Å². The minimum Gasteiger partial charge on any atom is -0.464 e. The molecule has 35 heavy (non-hydrogen) atoms. The highest BCUT2D eigenvalue weighted by Gasteiger charge is 2.61. The molecule has 1 aromatic carbocycles. The van der Waals surface area contributed by atoms with Crippen LogP contribution >= 0.6 is 0 Å². The van der Waals surface area contributed by atoms with E-state index in [1.807, 2.05) is 6.92 Å². The van der Waals surface area contributed by atoms with E-state index in [0.29, 0.717) is 5.56 Å². The highest BCUT2D eigenvalue weighted by Crippen LogP contribution is 2.39. The monoisotopic (exact) mass is 522 g/mol. The second-order valence-electron chi connectivity index (χ2n) is 9.85. The molecule has 1 aromatic rings. The number of alkyl halides is 3. The number of benzene rings is 1. The highest BCUT2D eigenvalue weighted by atomic mass is 28.4. The van der Waals surface area contributed by atoms with Crippen molar-refractivity contribution in [2.24, 2.45) is 0 Å². The van der Waals surface area contributed by atoms with Crippen LogP contribution in [-0.2, 0) is 25.3 Å². The lowest BCUT2D eigenvalue weighted by molar-refractivity contribution is -0.274. The van der Waals surface area contributed by atoms with E-state index in [-0.39, 0.29) is 30.8 Å². The third-order valence-electron chi connectivity index (χ3n) is 5.91. The third kappa shape index (κ3) is 9.43. The number of hydrazine groups is 1. The van der Waals surface area contributed by atoms with Crippen LogP contribution in [-0.4, -0.2) is 56.5 Å². The maximum atomic E-state index is 14.2. The number of amides is 2. The Morgan fingerprint density at radius 1 is 1.09 bits per heavy atom. The van der Waals surface area contributed by atoms with E-state index >= 15 is 0 Å². The fraction of sp³-hybridized carbons (Fsp3) is 0.652. The highest BCUT2D eigenvalue weighted by molar-refractivity contribution is 6.74. The normalized spacial score (nSPS) is 15.2. The maximum absolute atomic E-state index is 14.2. The van der Waals surface area contributed by atoms with Gasteiger partial charge in [-0.1, -0.05) is 51.1 Å². The fourth-order valence-electron chi connectivity index (χ4n) is 2.98. The van der Waals surface area contributed by atoms with Crippen molar-refractivity contribution in [2.45, 2.75) is 83.2 Å². The van der Waals surface area contributed by atoms with Crippen LogP contribution in [0.25, 0.3) is 0 Å². The number of carbonyl (C=O) groups excluding carboxylic acids is 1. The van der Waals surface area contributed by atoms with Crippen LogP contribution in [0.2, 0.25) is 18.1 Å². The van der Waals surface area contributed by atoms with Gasteiger partial charge in [-0.2, -0.15) is 13.2 Å². The summed E-state index contributed by atoms with van der Waals surface area (Å²) < 4.78 is 59.4. The van der Waals surface area contributed by atoms with Crippen LogP contribution in [0.3, 0.4) is 0 Å². The minimum atomic E-state index is -5.12. The van der Waals surface area contributed by atoms with E-state index in [1.165, 1.54) is 5.43 Å². The summed E-state index contributed by atoms with van der Waals surface area (Å²) in [6.45, 7) is 11.9. The molecule has 0 aromatic heterocycles. The largest absolute Gasteiger partial charge is 0.464 e. The minimum absolute atomic E-state index is 0.00100. The van der Waals surface area contributed by atoms with E-state index < -0.39 is 45.1 Å². The Labute approximate surface area is 205 Å². The molecule has 12 heteroatoms. The third-order valence-corrected chi connectivity index (χ3v) is 10.5.